The Labute approximate surface area is 164 Å². The first-order chi connectivity index (χ1) is 13.5. The van der Waals surface area contributed by atoms with Crippen LogP contribution in [0.15, 0.2) is 48.5 Å². The number of ether oxygens (including phenoxy) is 2. The summed E-state index contributed by atoms with van der Waals surface area (Å²) in [7, 11) is 1.57. The summed E-state index contributed by atoms with van der Waals surface area (Å²) in [5.74, 6) is 0.563. The number of aliphatic hydroxyl groups is 1. The minimum atomic E-state index is -1.32. The van der Waals surface area contributed by atoms with Gasteiger partial charge in [-0.3, -0.25) is 9.59 Å². The van der Waals surface area contributed by atoms with Crippen molar-refractivity contribution in [2.24, 2.45) is 0 Å². The van der Waals surface area contributed by atoms with Gasteiger partial charge < -0.3 is 24.4 Å². The molecule has 1 unspecified atom stereocenters. The van der Waals surface area contributed by atoms with Crippen molar-refractivity contribution in [3.8, 4) is 11.5 Å². The van der Waals surface area contributed by atoms with Crippen molar-refractivity contribution < 1.29 is 24.2 Å². The van der Waals surface area contributed by atoms with E-state index in [0.29, 0.717) is 24.6 Å². The normalized spacial score (nSPS) is 15.3. The maximum Gasteiger partial charge on any atom is 0.255 e. The molecule has 1 fully saturated rings. The molecule has 2 aromatic carbocycles. The van der Waals surface area contributed by atoms with Crippen LogP contribution in [0.25, 0.3) is 0 Å². The number of hydrogen-bond acceptors (Lipinski definition) is 5. The number of amides is 2. The number of aliphatic hydroxyl groups excluding tert-OH is 1. The smallest absolute Gasteiger partial charge is 0.255 e. The predicted octanol–water partition coefficient (Wildman–Crippen LogP) is 1.62. The third kappa shape index (κ3) is 4.43. The highest BCUT2D eigenvalue weighted by Gasteiger charge is 2.31. The van der Waals surface area contributed by atoms with Gasteiger partial charge in [0.15, 0.2) is 6.10 Å². The first kappa shape index (κ1) is 19.7. The molecule has 0 aromatic heterocycles. The highest BCUT2D eigenvalue weighted by atomic mass is 16.5. The van der Waals surface area contributed by atoms with E-state index < -0.39 is 12.0 Å². The molecule has 7 heteroatoms. The second kappa shape index (κ2) is 8.75. The zero-order valence-corrected chi connectivity index (χ0v) is 16.0. The van der Waals surface area contributed by atoms with E-state index in [0.717, 1.165) is 11.3 Å². The monoisotopic (exact) mass is 384 g/mol. The summed E-state index contributed by atoms with van der Waals surface area (Å²) >= 11 is 0. The molecule has 1 N–H and O–H groups in total. The van der Waals surface area contributed by atoms with Crippen molar-refractivity contribution in [2.45, 2.75) is 13.0 Å². The third-order valence-electron chi connectivity index (χ3n) is 4.67. The van der Waals surface area contributed by atoms with E-state index >= 15 is 0 Å². The van der Waals surface area contributed by atoms with Crippen LogP contribution in [-0.2, 0) is 9.59 Å². The number of aryl methyl sites for hydroxylation is 1. The lowest BCUT2D eigenvalue weighted by atomic mass is 10.2. The summed E-state index contributed by atoms with van der Waals surface area (Å²) in [4.78, 5) is 28.0. The Bertz CT molecular complexity index is 854. The summed E-state index contributed by atoms with van der Waals surface area (Å²) < 4.78 is 10.7. The summed E-state index contributed by atoms with van der Waals surface area (Å²) in [5, 5.41) is 10.2. The number of nitrogens with zero attached hydrogens (tertiary/aromatic N) is 2. The van der Waals surface area contributed by atoms with E-state index in [2.05, 4.69) is 0 Å². The maximum absolute atomic E-state index is 12.5. The van der Waals surface area contributed by atoms with Crippen molar-refractivity contribution in [3.63, 3.8) is 0 Å². The van der Waals surface area contributed by atoms with E-state index in [-0.39, 0.29) is 19.1 Å². The molecule has 0 aliphatic carbocycles. The van der Waals surface area contributed by atoms with Crippen LogP contribution in [0.1, 0.15) is 5.56 Å². The molecule has 0 spiro atoms. The topological polar surface area (TPSA) is 79.3 Å². The van der Waals surface area contributed by atoms with Crippen molar-refractivity contribution in [2.75, 3.05) is 38.3 Å². The fourth-order valence-corrected chi connectivity index (χ4v) is 3.08. The molecule has 0 saturated carbocycles. The van der Waals surface area contributed by atoms with E-state index in [1.807, 2.05) is 37.3 Å². The van der Waals surface area contributed by atoms with E-state index in [1.54, 1.807) is 30.2 Å². The van der Waals surface area contributed by atoms with Gasteiger partial charge >= 0.3 is 0 Å². The lowest BCUT2D eigenvalue weighted by Crippen LogP contribution is -2.55. The molecule has 1 aliphatic heterocycles. The molecule has 1 heterocycles. The minimum absolute atomic E-state index is 0.0858. The summed E-state index contributed by atoms with van der Waals surface area (Å²) in [6.07, 6.45) is -1.32. The van der Waals surface area contributed by atoms with Crippen molar-refractivity contribution in [1.29, 1.82) is 0 Å². The molecule has 1 saturated heterocycles. The molecule has 148 valence electrons. The van der Waals surface area contributed by atoms with Gasteiger partial charge in [0.25, 0.3) is 5.91 Å². The number of rotatable bonds is 6. The fraction of sp³-hybridized carbons (Fsp3) is 0.333. The first-order valence-electron chi connectivity index (χ1n) is 9.09. The summed E-state index contributed by atoms with van der Waals surface area (Å²) in [6, 6.07) is 14.6. The van der Waals surface area contributed by atoms with Gasteiger partial charge in [-0.2, -0.15) is 0 Å². The lowest BCUT2D eigenvalue weighted by Gasteiger charge is -2.35. The van der Waals surface area contributed by atoms with Gasteiger partial charge in [-0.1, -0.05) is 24.3 Å². The molecule has 1 atom stereocenters. The number of piperazine rings is 1. The number of methoxy groups -OCH3 is 1. The van der Waals surface area contributed by atoms with Crippen molar-refractivity contribution in [1.82, 2.24) is 4.90 Å². The van der Waals surface area contributed by atoms with Gasteiger partial charge in [0.05, 0.1) is 7.11 Å². The highest BCUT2D eigenvalue weighted by Crippen LogP contribution is 2.23. The number of anilines is 1. The predicted molar refractivity (Wildman–Crippen MR) is 105 cm³/mol. The number of carbonyl (C=O) groups excluding carboxylic acids is 2. The number of para-hydroxylation sites is 1. The Hall–Kier alpha value is -3.06. The second-order valence-corrected chi connectivity index (χ2v) is 6.60. The van der Waals surface area contributed by atoms with E-state index in [1.165, 1.54) is 4.90 Å². The Morgan fingerprint density at radius 3 is 2.68 bits per heavy atom. The standard InChI is InChI=1S/C21H24N2O5/c1-15-6-3-4-9-19(15)28-14-18(24)21(26)22-10-11-23(20(25)13-22)16-7-5-8-17(12-16)27-2/h3-9,12,18,24H,10-11,13-14H2,1-2H3. The maximum atomic E-state index is 12.5. The third-order valence-corrected chi connectivity index (χ3v) is 4.67. The molecule has 0 bridgehead atoms. The molecular weight excluding hydrogens is 360 g/mol. The van der Waals surface area contributed by atoms with Gasteiger partial charge in [0.1, 0.15) is 24.7 Å². The van der Waals surface area contributed by atoms with E-state index in [9.17, 15) is 14.7 Å². The zero-order chi connectivity index (χ0) is 20.1. The van der Waals surface area contributed by atoms with Gasteiger partial charge in [0.2, 0.25) is 5.91 Å². The zero-order valence-electron chi connectivity index (χ0n) is 16.0. The van der Waals surface area contributed by atoms with E-state index in [4.69, 9.17) is 9.47 Å². The number of carbonyl (C=O) groups is 2. The van der Waals surface area contributed by atoms with Crippen LogP contribution in [-0.4, -0.2) is 61.3 Å². The van der Waals surface area contributed by atoms with Crippen LogP contribution >= 0.6 is 0 Å². The number of benzene rings is 2. The summed E-state index contributed by atoms with van der Waals surface area (Å²) in [5.41, 5.74) is 1.64. The molecule has 0 radical (unpaired) electrons. The Kier molecular flexibility index (Phi) is 6.16. The van der Waals surface area contributed by atoms with Crippen molar-refractivity contribution >= 4 is 17.5 Å². The Morgan fingerprint density at radius 1 is 1.18 bits per heavy atom. The number of hydrogen-bond donors (Lipinski definition) is 1. The molecule has 3 rings (SSSR count). The average molecular weight is 384 g/mol. The summed E-state index contributed by atoms with van der Waals surface area (Å²) in [6.45, 7) is 2.33. The van der Waals surface area contributed by atoms with Crippen LogP contribution in [0.3, 0.4) is 0 Å². The van der Waals surface area contributed by atoms with Gasteiger partial charge in [-0.25, -0.2) is 0 Å². The Morgan fingerprint density at radius 2 is 1.96 bits per heavy atom. The van der Waals surface area contributed by atoms with Crippen LogP contribution in [0.4, 0.5) is 5.69 Å². The largest absolute Gasteiger partial charge is 0.497 e. The molecule has 2 aromatic rings. The van der Waals surface area contributed by atoms with Crippen LogP contribution in [0.2, 0.25) is 0 Å². The average Bonchev–Trinajstić information content (AvgIpc) is 2.72. The first-order valence-corrected chi connectivity index (χ1v) is 9.09. The van der Waals surface area contributed by atoms with Crippen LogP contribution in [0, 0.1) is 6.92 Å². The van der Waals surface area contributed by atoms with Crippen LogP contribution in [0.5, 0.6) is 11.5 Å². The van der Waals surface area contributed by atoms with Crippen molar-refractivity contribution in [3.05, 3.63) is 54.1 Å². The SMILES string of the molecule is COc1cccc(N2CCN(C(=O)C(O)COc3ccccc3C)CC2=O)c1. The molecule has 7 nitrogen and oxygen atoms in total. The van der Waals surface area contributed by atoms with Gasteiger partial charge in [0, 0.05) is 24.8 Å². The molecule has 2 amide bonds. The lowest BCUT2D eigenvalue weighted by molar-refractivity contribution is -0.145. The fourth-order valence-electron chi connectivity index (χ4n) is 3.08. The van der Waals surface area contributed by atoms with Gasteiger partial charge in [-0.15, -0.1) is 0 Å². The second-order valence-electron chi connectivity index (χ2n) is 6.60. The van der Waals surface area contributed by atoms with Gasteiger partial charge in [-0.05, 0) is 30.7 Å². The Balaban J connectivity index is 1.57. The highest BCUT2D eigenvalue weighted by molar-refractivity contribution is 5.98. The molecule has 28 heavy (non-hydrogen) atoms. The molecule has 1 aliphatic rings. The minimum Gasteiger partial charge on any atom is -0.497 e. The van der Waals surface area contributed by atoms with Crippen LogP contribution < -0.4 is 14.4 Å². The quantitative estimate of drug-likeness (QED) is 0.819. The molecular formula is C21H24N2O5.